The second-order valence-corrected chi connectivity index (χ2v) is 6.83. The van der Waals surface area contributed by atoms with Crippen molar-refractivity contribution in [2.24, 2.45) is 0 Å². The van der Waals surface area contributed by atoms with Crippen LogP contribution in [0.15, 0.2) is 54.6 Å². The molecule has 0 atom stereocenters. The van der Waals surface area contributed by atoms with Crippen molar-refractivity contribution in [3.63, 3.8) is 0 Å². The summed E-state index contributed by atoms with van der Waals surface area (Å²) in [5, 5.41) is 7.11. The second kappa shape index (κ2) is 9.37. The van der Waals surface area contributed by atoms with Crippen LogP contribution in [0.2, 0.25) is 5.15 Å². The number of halogens is 1. The number of carbonyl (C=O) groups is 3. The van der Waals surface area contributed by atoms with Crippen LogP contribution in [0.1, 0.15) is 39.8 Å². The number of carbonyl (C=O) groups excluding carboxylic acids is 3. The monoisotopic (exact) mass is 425 g/mol. The summed E-state index contributed by atoms with van der Waals surface area (Å²) in [6.07, 6.45) is 0.361. The summed E-state index contributed by atoms with van der Waals surface area (Å²) < 4.78 is 6.61. The molecule has 8 heteroatoms. The van der Waals surface area contributed by atoms with E-state index in [4.69, 9.17) is 16.3 Å². The molecule has 0 aliphatic heterocycles. The van der Waals surface area contributed by atoms with Crippen LogP contribution in [0, 0.1) is 6.92 Å². The molecule has 2 aromatic carbocycles. The molecule has 1 amide bonds. The zero-order chi connectivity index (χ0) is 21.7. The Hall–Kier alpha value is -3.45. The number of aromatic nitrogens is 2. The Morgan fingerprint density at radius 1 is 1.07 bits per heavy atom. The molecule has 0 saturated carbocycles. The lowest BCUT2D eigenvalue weighted by Gasteiger charge is -2.07. The number of ether oxygens (including phenoxy) is 1. The molecule has 3 aromatic rings. The van der Waals surface area contributed by atoms with Gasteiger partial charge in [-0.05, 0) is 43.3 Å². The standard InChI is InChI=1S/C22H20ClN3O4/c1-3-19(28)24-16-11-9-15(10-12-16)18(27)13-30-22(29)20-14(2)25-26(21(20)23)17-7-5-4-6-8-17/h4-12H,3,13H2,1-2H3,(H,24,28). The lowest BCUT2D eigenvalue weighted by atomic mass is 10.1. The maximum atomic E-state index is 12.5. The minimum Gasteiger partial charge on any atom is -0.454 e. The summed E-state index contributed by atoms with van der Waals surface area (Å²) in [6.45, 7) is 2.96. The molecule has 0 aliphatic carbocycles. The summed E-state index contributed by atoms with van der Waals surface area (Å²) in [5.41, 5.74) is 2.17. The van der Waals surface area contributed by atoms with E-state index in [2.05, 4.69) is 10.4 Å². The Kier molecular flexibility index (Phi) is 6.64. The number of rotatable bonds is 7. The van der Waals surface area contributed by atoms with Gasteiger partial charge in [0.1, 0.15) is 10.7 Å². The van der Waals surface area contributed by atoms with Gasteiger partial charge in [-0.25, -0.2) is 9.48 Å². The van der Waals surface area contributed by atoms with E-state index in [1.165, 1.54) is 4.68 Å². The Bertz CT molecular complexity index is 1080. The molecule has 154 valence electrons. The van der Waals surface area contributed by atoms with Gasteiger partial charge in [-0.2, -0.15) is 5.10 Å². The third kappa shape index (κ3) is 4.75. The van der Waals surface area contributed by atoms with Gasteiger partial charge < -0.3 is 10.1 Å². The lowest BCUT2D eigenvalue weighted by molar-refractivity contribution is -0.115. The van der Waals surface area contributed by atoms with E-state index in [1.54, 1.807) is 38.1 Å². The number of ketones is 1. The molecule has 0 aliphatic rings. The predicted octanol–water partition coefficient (Wildman–Crippen LogP) is 4.22. The fraction of sp³-hybridized carbons (Fsp3) is 0.182. The Balaban J connectivity index is 1.66. The van der Waals surface area contributed by atoms with Gasteiger partial charge in [-0.1, -0.05) is 36.7 Å². The Labute approximate surface area is 178 Å². The maximum absolute atomic E-state index is 12.5. The second-order valence-electron chi connectivity index (χ2n) is 6.48. The van der Waals surface area contributed by atoms with Crippen LogP contribution in [-0.2, 0) is 9.53 Å². The third-order valence-electron chi connectivity index (χ3n) is 4.36. The van der Waals surface area contributed by atoms with Crippen LogP contribution >= 0.6 is 11.6 Å². The SMILES string of the molecule is CCC(=O)Nc1ccc(C(=O)COC(=O)c2c(C)nn(-c3ccccc3)c2Cl)cc1. The van der Waals surface area contributed by atoms with Crippen molar-refractivity contribution >= 4 is 34.9 Å². The maximum Gasteiger partial charge on any atom is 0.343 e. The number of hydrogen-bond donors (Lipinski definition) is 1. The number of anilines is 1. The van der Waals surface area contributed by atoms with Crippen LogP contribution in [-0.4, -0.2) is 34.0 Å². The Morgan fingerprint density at radius 3 is 2.37 bits per heavy atom. The first kappa shape index (κ1) is 21.3. The molecular weight excluding hydrogens is 406 g/mol. The molecule has 3 rings (SSSR count). The number of aryl methyl sites for hydroxylation is 1. The van der Waals surface area contributed by atoms with Gasteiger partial charge >= 0.3 is 5.97 Å². The smallest absolute Gasteiger partial charge is 0.343 e. The molecular formula is C22H20ClN3O4. The molecule has 7 nitrogen and oxygen atoms in total. The molecule has 1 N–H and O–H groups in total. The molecule has 1 heterocycles. The molecule has 0 bridgehead atoms. The fourth-order valence-electron chi connectivity index (χ4n) is 2.75. The van der Waals surface area contributed by atoms with Crippen molar-refractivity contribution in [3.05, 3.63) is 76.6 Å². The summed E-state index contributed by atoms with van der Waals surface area (Å²) in [4.78, 5) is 36.3. The van der Waals surface area contributed by atoms with E-state index < -0.39 is 12.6 Å². The van der Waals surface area contributed by atoms with Crippen LogP contribution in [0.25, 0.3) is 5.69 Å². The first-order chi connectivity index (χ1) is 14.4. The Morgan fingerprint density at radius 2 is 1.73 bits per heavy atom. The molecule has 0 unspecified atom stereocenters. The third-order valence-corrected chi connectivity index (χ3v) is 4.70. The topological polar surface area (TPSA) is 90.3 Å². The first-order valence-corrected chi connectivity index (χ1v) is 9.69. The first-order valence-electron chi connectivity index (χ1n) is 9.31. The lowest BCUT2D eigenvalue weighted by Crippen LogP contribution is -2.15. The van der Waals surface area contributed by atoms with Gasteiger partial charge in [0, 0.05) is 17.7 Å². The zero-order valence-electron chi connectivity index (χ0n) is 16.5. The van der Waals surface area contributed by atoms with Gasteiger partial charge in [-0.15, -0.1) is 0 Å². The number of nitrogens with zero attached hydrogens (tertiary/aromatic N) is 2. The van der Waals surface area contributed by atoms with Crippen LogP contribution in [0.4, 0.5) is 5.69 Å². The molecule has 1 aromatic heterocycles. The number of hydrogen-bond acceptors (Lipinski definition) is 5. The normalized spacial score (nSPS) is 10.5. The number of para-hydroxylation sites is 1. The largest absolute Gasteiger partial charge is 0.454 e. The van der Waals surface area contributed by atoms with E-state index in [9.17, 15) is 14.4 Å². The highest BCUT2D eigenvalue weighted by atomic mass is 35.5. The van der Waals surface area contributed by atoms with E-state index in [0.717, 1.165) is 0 Å². The average molecular weight is 426 g/mol. The number of esters is 1. The predicted molar refractivity (Wildman–Crippen MR) is 113 cm³/mol. The van der Waals surface area contributed by atoms with Crippen molar-refractivity contribution in [2.45, 2.75) is 20.3 Å². The highest BCUT2D eigenvalue weighted by Crippen LogP contribution is 2.24. The zero-order valence-corrected chi connectivity index (χ0v) is 17.3. The quantitative estimate of drug-likeness (QED) is 0.452. The minimum atomic E-state index is -0.722. The van der Waals surface area contributed by atoms with Gasteiger partial charge in [-0.3, -0.25) is 9.59 Å². The van der Waals surface area contributed by atoms with Crippen molar-refractivity contribution < 1.29 is 19.1 Å². The van der Waals surface area contributed by atoms with Crippen molar-refractivity contribution in [1.29, 1.82) is 0 Å². The molecule has 0 radical (unpaired) electrons. The summed E-state index contributed by atoms with van der Waals surface area (Å²) >= 11 is 6.34. The number of nitrogens with one attached hydrogen (secondary N) is 1. The van der Waals surface area contributed by atoms with Crippen molar-refractivity contribution in [3.8, 4) is 5.69 Å². The van der Waals surface area contributed by atoms with E-state index >= 15 is 0 Å². The number of amides is 1. The van der Waals surface area contributed by atoms with Gasteiger partial charge in [0.15, 0.2) is 12.4 Å². The van der Waals surface area contributed by atoms with Gasteiger partial charge in [0.25, 0.3) is 0 Å². The molecule has 0 spiro atoms. The molecule has 0 fully saturated rings. The van der Waals surface area contributed by atoms with E-state index in [-0.39, 0.29) is 22.4 Å². The van der Waals surface area contributed by atoms with Crippen LogP contribution < -0.4 is 5.32 Å². The van der Waals surface area contributed by atoms with Crippen LogP contribution in [0.5, 0.6) is 0 Å². The summed E-state index contributed by atoms with van der Waals surface area (Å²) in [5.74, 6) is -1.22. The number of Topliss-reactive ketones (excluding diaryl/α,β-unsaturated/α-hetero) is 1. The highest BCUT2D eigenvalue weighted by molar-refractivity contribution is 6.33. The van der Waals surface area contributed by atoms with Gasteiger partial charge in [0.05, 0.1) is 11.4 Å². The van der Waals surface area contributed by atoms with Crippen molar-refractivity contribution in [1.82, 2.24) is 9.78 Å². The van der Waals surface area contributed by atoms with Crippen molar-refractivity contribution in [2.75, 3.05) is 11.9 Å². The molecule has 30 heavy (non-hydrogen) atoms. The highest BCUT2D eigenvalue weighted by Gasteiger charge is 2.23. The fourth-order valence-corrected chi connectivity index (χ4v) is 3.10. The van der Waals surface area contributed by atoms with E-state index in [0.29, 0.717) is 29.1 Å². The number of benzene rings is 2. The van der Waals surface area contributed by atoms with Crippen LogP contribution in [0.3, 0.4) is 0 Å². The van der Waals surface area contributed by atoms with Gasteiger partial charge in [0.2, 0.25) is 5.91 Å². The summed E-state index contributed by atoms with van der Waals surface area (Å²) in [7, 11) is 0. The van der Waals surface area contributed by atoms with E-state index in [1.807, 2.05) is 30.3 Å². The minimum absolute atomic E-state index is 0.117. The molecule has 0 saturated heterocycles. The summed E-state index contributed by atoms with van der Waals surface area (Å²) in [6, 6.07) is 15.5. The average Bonchev–Trinajstić information content (AvgIpc) is 3.06.